The maximum Gasteiger partial charge on any atom is 0.228 e. The molecule has 0 bridgehead atoms. The van der Waals surface area contributed by atoms with Gasteiger partial charge in [-0.3, -0.25) is 9.59 Å². The molecule has 2 atom stereocenters. The zero-order valence-electron chi connectivity index (χ0n) is 13.7. The molecule has 2 aromatic carbocycles. The number of benzene rings is 2. The molecular formula is C19H18Cl2N2O2. The molecule has 3 rings (SSSR count). The Morgan fingerprint density at radius 2 is 1.76 bits per heavy atom. The van der Waals surface area contributed by atoms with Crippen LogP contribution in [0.15, 0.2) is 42.5 Å². The summed E-state index contributed by atoms with van der Waals surface area (Å²) in [4.78, 5) is 24.5. The highest BCUT2D eigenvalue weighted by atomic mass is 35.5. The van der Waals surface area contributed by atoms with Crippen LogP contribution in [0.5, 0.6) is 0 Å². The van der Waals surface area contributed by atoms with E-state index in [1.54, 1.807) is 18.2 Å². The smallest absolute Gasteiger partial charge is 0.228 e. The summed E-state index contributed by atoms with van der Waals surface area (Å²) in [5, 5.41) is 6.33. The van der Waals surface area contributed by atoms with Gasteiger partial charge in [-0.2, -0.15) is 0 Å². The summed E-state index contributed by atoms with van der Waals surface area (Å²) in [6.07, 6.45) is 0.545. The third-order valence-corrected chi connectivity index (χ3v) is 5.21. The van der Waals surface area contributed by atoms with E-state index in [0.717, 1.165) is 11.1 Å². The molecule has 0 saturated heterocycles. The van der Waals surface area contributed by atoms with Gasteiger partial charge in [-0.25, -0.2) is 0 Å². The first-order chi connectivity index (χ1) is 12.0. The third-order valence-electron chi connectivity index (χ3n) is 4.39. The summed E-state index contributed by atoms with van der Waals surface area (Å²) in [7, 11) is 0. The summed E-state index contributed by atoms with van der Waals surface area (Å²) in [5.41, 5.74) is 2.66. The van der Waals surface area contributed by atoms with E-state index in [9.17, 15) is 9.59 Å². The van der Waals surface area contributed by atoms with Crippen molar-refractivity contribution in [1.82, 2.24) is 5.32 Å². The van der Waals surface area contributed by atoms with Crippen LogP contribution < -0.4 is 10.6 Å². The molecule has 0 aromatic heterocycles. The summed E-state index contributed by atoms with van der Waals surface area (Å²) < 4.78 is 0. The van der Waals surface area contributed by atoms with Crippen LogP contribution >= 0.6 is 23.2 Å². The van der Waals surface area contributed by atoms with Gasteiger partial charge in [0.1, 0.15) is 0 Å². The van der Waals surface area contributed by atoms with Crippen LogP contribution in [0.25, 0.3) is 0 Å². The molecule has 2 aromatic rings. The topological polar surface area (TPSA) is 58.2 Å². The zero-order chi connectivity index (χ0) is 18.0. The number of carbonyl (C=O) groups excluding carboxylic acids is 2. The number of hydrogen-bond donors (Lipinski definition) is 2. The molecule has 0 aliphatic heterocycles. The highest BCUT2D eigenvalue weighted by molar-refractivity contribution is 6.44. The lowest BCUT2D eigenvalue weighted by Crippen LogP contribution is -2.27. The van der Waals surface area contributed by atoms with Crippen molar-refractivity contribution in [2.75, 3.05) is 5.32 Å². The van der Waals surface area contributed by atoms with Crippen molar-refractivity contribution in [3.8, 4) is 0 Å². The normalized spacial score (nSPS) is 18.5. The highest BCUT2D eigenvalue weighted by Gasteiger charge is 2.48. The van der Waals surface area contributed by atoms with Crippen molar-refractivity contribution in [2.24, 2.45) is 11.8 Å². The summed E-state index contributed by atoms with van der Waals surface area (Å²) in [5.74, 6) is -0.922. The van der Waals surface area contributed by atoms with Crippen molar-refractivity contribution < 1.29 is 9.59 Å². The molecule has 1 aliphatic rings. The number of amides is 2. The number of aryl methyl sites for hydroxylation is 1. The molecule has 1 saturated carbocycles. The largest absolute Gasteiger partial charge is 0.352 e. The fraction of sp³-hybridized carbons (Fsp3) is 0.263. The predicted molar refractivity (Wildman–Crippen MR) is 99.7 cm³/mol. The fourth-order valence-electron chi connectivity index (χ4n) is 2.72. The van der Waals surface area contributed by atoms with Crippen LogP contribution in [0, 0.1) is 18.8 Å². The monoisotopic (exact) mass is 376 g/mol. The Kier molecular flexibility index (Phi) is 5.30. The molecular weight excluding hydrogens is 359 g/mol. The van der Waals surface area contributed by atoms with E-state index < -0.39 is 0 Å². The van der Waals surface area contributed by atoms with Gasteiger partial charge >= 0.3 is 0 Å². The first-order valence-corrected chi connectivity index (χ1v) is 8.80. The molecule has 2 N–H and O–H groups in total. The van der Waals surface area contributed by atoms with Crippen LogP contribution in [0.3, 0.4) is 0 Å². The average molecular weight is 377 g/mol. The van der Waals surface area contributed by atoms with Gasteiger partial charge in [-0.15, -0.1) is 0 Å². The van der Waals surface area contributed by atoms with Crippen molar-refractivity contribution in [3.05, 3.63) is 63.6 Å². The minimum atomic E-state index is -0.327. The third kappa shape index (κ3) is 4.14. The van der Waals surface area contributed by atoms with E-state index in [0.29, 0.717) is 28.7 Å². The lowest BCUT2D eigenvalue weighted by Gasteiger charge is -2.09. The lowest BCUT2D eigenvalue weighted by molar-refractivity contribution is -0.125. The first kappa shape index (κ1) is 17.8. The molecule has 0 heterocycles. The molecule has 130 valence electrons. The second kappa shape index (κ2) is 7.46. The minimum Gasteiger partial charge on any atom is -0.352 e. The van der Waals surface area contributed by atoms with Gasteiger partial charge in [0.05, 0.1) is 27.6 Å². The maximum atomic E-state index is 12.3. The number of halogens is 2. The van der Waals surface area contributed by atoms with Crippen LogP contribution in [-0.2, 0) is 16.1 Å². The second-order valence-electron chi connectivity index (χ2n) is 6.18. The van der Waals surface area contributed by atoms with E-state index in [1.165, 1.54) is 0 Å². The molecule has 1 aliphatic carbocycles. The fourth-order valence-corrected chi connectivity index (χ4v) is 3.07. The molecule has 4 nitrogen and oxygen atoms in total. The average Bonchev–Trinajstić information content (AvgIpc) is 3.39. The van der Waals surface area contributed by atoms with Gasteiger partial charge in [-0.1, -0.05) is 53.5 Å². The summed E-state index contributed by atoms with van der Waals surface area (Å²) in [6.45, 7) is 2.47. The van der Waals surface area contributed by atoms with E-state index in [-0.39, 0.29) is 23.7 Å². The van der Waals surface area contributed by atoms with Crippen molar-refractivity contribution >= 4 is 40.7 Å². The standard InChI is InChI=1S/C19H18Cl2N2O2/c1-11-5-2-3-6-12(11)10-22-18(24)13-9-14(13)19(25)23-16-8-4-7-15(20)17(16)21/h2-8,13-14H,9-10H2,1H3,(H,22,24)(H,23,25). The summed E-state index contributed by atoms with van der Waals surface area (Å²) in [6, 6.07) is 12.9. The number of hydrogen-bond acceptors (Lipinski definition) is 2. The quantitative estimate of drug-likeness (QED) is 0.821. The molecule has 6 heteroatoms. The van der Waals surface area contributed by atoms with Crippen LogP contribution in [0.1, 0.15) is 17.5 Å². The van der Waals surface area contributed by atoms with Gasteiger partial charge in [-0.05, 0) is 36.6 Å². The Balaban J connectivity index is 1.53. The van der Waals surface area contributed by atoms with Crippen LogP contribution in [0.4, 0.5) is 5.69 Å². The zero-order valence-corrected chi connectivity index (χ0v) is 15.2. The Bertz CT molecular complexity index is 823. The highest BCUT2D eigenvalue weighted by Crippen LogP contribution is 2.40. The molecule has 0 radical (unpaired) electrons. The van der Waals surface area contributed by atoms with E-state index in [2.05, 4.69) is 10.6 Å². The van der Waals surface area contributed by atoms with Gasteiger partial charge in [0, 0.05) is 6.54 Å². The molecule has 2 amide bonds. The Labute approximate surface area is 156 Å². The Morgan fingerprint density at radius 1 is 1.04 bits per heavy atom. The van der Waals surface area contributed by atoms with Gasteiger partial charge in [0.15, 0.2) is 0 Å². The number of rotatable bonds is 5. The van der Waals surface area contributed by atoms with Crippen molar-refractivity contribution in [2.45, 2.75) is 19.9 Å². The van der Waals surface area contributed by atoms with Crippen molar-refractivity contribution in [1.29, 1.82) is 0 Å². The Morgan fingerprint density at radius 3 is 2.52 bits per heavy atom. The maximum absolute atomic E-state index is 12.3. The molecule has 1 fully saturated rings. The van der Waals surface area contributed by atoms with Gasteiger partial charge in [0.25, 0.3) is 0 Å². The van der Waals surface area contributed by atoms with Gasteiger partial charge < -0.3 is 10.6 Å². The second-order valence-corrected chi connectivity index (χ2v) is 6.97. The molecule has 0 spiro atoms. The van der Waals surface area contributed by atoms with E-state index in [1.807, 2.05) is 31.2 Å². The van der Waals surface area contributed by atoms with Crippen molar-refractivity contribution in [3.63, 3.8) is 0 Å². The van der Waals surface area contributed by atoms with E-state index in [4.69, 9.17) is 23.2 Å². The number of anilines is 1. The lowest BCUT2D eigenvalue weighted by atomic mass is 10.1. The number of nitrogens with one attached hydrogen (secondary N) is 2. The van der Waals surface area contributed by atoms with Gasteiger partial charge in [0.2, 0.25) is 11.8 Å². The minimum absolute atomic E-state index is 0.0967. The summed E-state index contributed by atoms with van der Waals surface area (Å²) >= 11 is 12.0. The van der Waals surface area contributed by atoms with Crippen LogP contribution in [0.2, 0.25) is 10.0 Å². The molecule has 2 unspecified atom stereocenters. The molecule has 25 heavy (non-hydrogen) atoms. The predicted octanol–water partition coefficient (Wildman–Crippen LogP) is 4.19. The first-order valence-electron chi connectivity index (χ1n) is 8.04. The number of carbonyl (C=O) groups is 2. The van der Waals surface area contributed by atoms with Crippen LogP contribution in [-0.4, -0.2) is 11.8 Å². The Hall–Kier alpha value is -2.04. The van der Waals surface area contributed by atoms with E-state index >= 15 is 0 Å². The SMILES string of the molecule is Cc1ccccc1CNC(=O)C1CC1C(=O)Nc1cccc(Cl)c1Cl.